The van der Waals surface area contributed by atoms with E-state index in [1.165, 1.54) is 4.31 Å². The molecule has 17 heavy (non-hydrogen) atoms. The van der Waals surface area contributed by atoms with Crippen LogP contribution in [0.4, 0.5) is 0 Å². The number of benzene rings is 1. The standard InChI is InChI=1S/C11H16N2O3S/c1-2-12-17(15,16)13-6-5-9-3-4-11(14)7-10(9)8-13/h3-4,7,12,14H,2,5-6,8H2,1H3. The summed E-state index contributed by atoms with van der Waals surface area (Å²) in [7, 11) is -3.39. The quantitative estimate of drug-likeness (QED) is 0.832. The molecule has 6 heteroatoms. The zero-order valence-corrected chi connectivity index (χ0v) is 10.5. The third kappa shape index (κ3) is 2.59. The van der Waals surface area contributed by atoms with Gasteiger partial charge in [-0.1, -0.05) is 13.0 Å². The maximum atomic E-state index is 11.8. The van der Waals surface area contributed by atoms with Crippen molar-refractivity contribution in [3.63, 3.8) is 0 Å². The van der Waals surface area contributed by atoms with E-state index < -0.39 is 10.2 Å². The molecule has 0 saturated heterocycles. The number of nitrogens with zero attached hydrogens (tertiary/aromatic N) is 1. The van der Waals surface area contributed by atoms with Crippen LogP contribution in [0.5, 0.6) is 5.75 Å². The molecular formula is C11H16N2O3S. The van der Waals surface area contributed by atoms with Crippen LogP contribution in [-0.2, 0) is 23.2 Å². The third-order valence-electron chi connectivity index (χ3n) is 2.83. The lowest BCUT2D eigenvalue weighted by Crippen LogP contribution is -2.43. The first-order valence-electron chi connectivity index (χ1n) is 5.58. The zero-order valence-electron chi connectivity index (χ0n) is 9.68. The van der Waals surface area contributed by atoms with E-state index in [9.17, 15) is 13.5 Å². The van der Waals surface area contributed by atoms with Crippen LogP contribution in [-0.4, -0.2) is 30.9 Å². The van der Waals surface area contributed by atoms with Gasteiger partial charge >= 0.3 is 0 Å². The van der Waals surface area contributed by atoms with Crippen molar-refractivity contribution in [2.45, 2.75) is 19.9 Å². The van der Waals surface area contributed by atoms with Crippen LogP contribution in [0.3, 0.4) is 0 Å². The van der Waals surface area contributed by atoms with Gasteiger partial charge in [0.05, 0.1) is 0 Å². The highest BCUT2D eigenvalue weighted by Gasteiger charge is 2.25. The number of rotatable bonds is 3. The van der Waals surface area contributed by atoms with E-state index in [1.807, 2.05) is 6.07 Å². The van der Waals surface area contributed by atoms with E-state index in [0.717, 1.165) is 11.1 Å². The first kappa shape index (κ1) is 12.3. The number of hydrogen-bond donors (Lipinski definition) is 2. The van der Waals surface area contributed by atoms with Gasteiger partial charge in [0.15, 0.2) is 0 Å². The minimum atomic E-state index is -3.39. The highest BCUT2D eigenvalue weighted by atomic mass is 32.2. The molecule has 0 bridgehead atoms. The van der Waals surface area contributed by atoms with Gasteiger partial charge in [-0.05, 0) is 29.7 Å². The summed E-state index contributed by atoms with van der Waals surface area (Å²) in [5.74, 6) is 0.173. The largest absolute Gasteiger partial charge is 0.508 e. The smallest absolute Gasteiger partial charge is 0.279 e. The van der Waals surface area contributed by atoms with Crippen molar-refractivity contribution in [2.75, 3.05) is 13.1 Å². The summed E-state index contributed by atoms with van der Waals surface area (Å²) < 4.78 is 27.5. The van der Waals surface area contributed by atoms with Crippen LogP contribution in [0.1, 0.15) is 18.1 Å². The Hall–Kier alpha value is -1.11. The fourth-order valence-electron chi connectivity index (χ4n) is 2.00. The van der Waals surface area contributed by atoms with Crippen molar-refractivity contribution < 1.29 is 13.5 Å². The lowest BCUT2D eigenvalue weighted by atomic mass is 10.0. The van der Waals surface area contributed by atoms with Gasteiger partial charge in [-0.2, -0.15) is 12.7 Å². The molecule has 0 fully saturated rings. The molecule has 0 amide bonds. The summed E-state index contributed by atoms with van der Waals surface area (Å²) in [6.45, 7) is 2.93. The molecule has 94 valence electrons. The SMILES string of the molecule is CCNS(=O)(=O)N1CCc2ccc(O)cc2C1. The fourth-order valence-corrected chi connectivity index (χ4v) is 3.18. The van der Waals surface area contributed by atoms with Crippen LogP contribution < -0.4 is 4.72 Å². The maximum absolute atomic E-state index is 11.8. The number of fused-ring (bicyclic) bond motifs is 1. The second-order valence-corrected chi connectivity index (χ2v) is 5.79. The molecule has 1 heterocycles. The summed E-state index contributed by atoms with van der Waals surface area (Å²) in [5, 5.41) is 9.40. The fraction of sp³-hybridized carbons (Fsp3) is 0.455. The van der Waals surface area contributed by atoms with Gasteiger partial charge in [0.2, 0.25) is 0 Å². The average molecular weight is 256 g/mol. The van der Waals surface area contributed by atoms with Crippen molar-refractivity contribution in [3.05, 3.63) is 29.3 Å². The van der Waals surface area contributed by atoms with Gasteiger partial charge < -0.3 is 5.11 Å². The second-order valence-electron chi connectivity index (χ2n) is 4.04. The number of hydrogen-bond acceptors (Lipinski definition) is 3. The van der Waals surface area contributed by atoms with E-state index in [4.69, 9.17) is 0 Å². The van der Waals surface area contributed by atoms with Gasteiger partial charge in [0, 0.05) is 19.6 Å². The molecule has 2 rings (SSSR count). The predicted molar refractivity (Wildman–Crippen MR) is 64.8 cm³/mol. The Bertz CT molecular complexity index is 513. The minimum Gasteiger partial charge on any atom is -0.508 e. The van der Waals surface area contributed by atoms with E-state index >= 15 is 0 Å². The minimum absolute atomic E-state index is 0.173. The Morgan fingerprint density at radius 2 is 2.18 bits per heavy atom. The van der Waals surface area contributed by atoms with E-state index in [2.05, 4.69) is 4.72 Å². The Balaban J connectivity index is 2.24. The molecule has 2 N–H and O–H groups in total. The summed E-state index contributed by atoms with van der Waals surface area (Å²) in [6, 6.07) is 5.11. The Kier molecular flexibility index (Phi) is 3.37. The number of phenolic OH excluding ortho intramolecular Hbond substituents is 1. The topological polar surface area (TPSA) is 69.6 Å². The Labute approximate surface area is 101 Å². The van der Waals surface area contributed by atoms with Crippen LogP contribution in [0.25, 0.3) is 0 Å². The van der Waals surface area contributed by atoms with Gasteiger partial charge in [-0.25, -0.2) is 4.72 Å². The van der Waals surface area contributed by atoms with Crippen LogP contribution in [0, 0.1) is 0 Å². The predicted octanol–water partition coefficient (Wildman–Crippen LogP) is 0.605. The first-order valence-corrected chi connectivity index (χ1v) is 7.02. The van der Waals surface area contributed by atoms with Crippen molar-refractivity contribution in [1.29, 1.82) is 0 Å². The third-order valence-corrected chi connectivity index (χ3v) is 4.48. The Morgan fingerprint density at radius 1 is 1.41 bits per heavy atom. The number of aromatic hydroxyl groups is 1. The van der Waals surface area contributed by atoms with Gasteiger partial charge in [0.25, 0.3) is 10.2 Å². The molecule has 1 aliphatic rings. The van der Waals surface area contributed by atoms with Gasteiger partial charge in [0.1, 0.15) is 5.75 Å². The summed E-state index contributed by atoms with van der Waals surface area (Å²) in [5.41, 5.74) is 1.98. The van der Waals surface area contributed by atoms with Crippen LogP contribution in [0.2, 0.25) is 0 Å². The molecule has 1 aromatic rings. The maximum Gasteiger partial charge on any atom is 0.279 e. The monoisotopic (exact) mass is 256 g/mol. The molecule has 5 nitrogen and oxygen atoms in total. The molecule has 0 aliphatic carbocycles. The molecule has 0 spiro atoms. The normalized spacial score (nSPS) is 16.8. The molecule has 0 unspecified atom stereocenters. The molecule has 0 radical (unpaired) electrons. The molecule has 0 aromatic heterocycles. The first-order chi connectivity index (χ1) is 8.03. The van der Waals surface area contributed by atoms with E-state index in [-0.39, 0.29) is 5.75 Å². The van der Waals surface area contributed by atoms with E-state index in [0.29, 0.717) is 26.1 Å². The summed E-state index contributed by atoms with van der Waals surface area (Å²) in [4.78, 5) is 0. The van der Waals surface area contributed by atoms with Gasteiger partial charge in [-0.3, -0.25) is 0 Å². The zero-order chi connectivity index (χ0) is 12.5. The second kappa shape index (κ2) is 4.64. The molecule has 0 atom stereocenters. The van der Waals surface area contributed by atoms with Gasteiger partial charge in [-0.15, -0.1) is 0 Å². The lowest BCUT2D eigenvalue weighted by molar-refractivity contribution is 0.382. The summed E-state index contributed by atoms with van der Waals surface area (Å²) in [6.07, 6.45) is 0.681. The summed E-state index contributed by atoms with van der Waals surface area (Å²) >= 11 is 0. The Morgan fingerprint density at radius 3 is 2.88 bits per heavy atom. The van der Waals surface area contributed by atoms with Crippen LogP contribution in [0.15, 0.2) is 18.2 Å². The highest BCUT2D eigenvalue weighted by Crippen LogP contribution is 2.24. The van der Waals surface area contributed by atoms with Crippen molar-refractivity contribution >= 4 is 10.2 Å². The van der Waals surface area contributed by atoms with Crippen molar-refractivity contribution in [1.82, 2.24) is 9.03 Å². The molecule has 1 aliphatic heterocycles. The number of nitrogens with one attached hydrogen (secondary N) is 1. The molecular weight excluding hydrogens is 240 g/mol. The lowest BCUT2D eigenvalue weighted by Gasteiger charge is -2.27. The van der Waals surface area contributed by atoms with E-state index in [1.54, 1.807) is 19.1 Å². The molecule has 1 aromatic carbocycles. The van der Waals surface area contributed by atoms with Crippen molar-refractivity contribution in [2.24, 2.45) is 0 Å². The van der Waals surface area contributed by atoms with Crippen molar-refractivity contribution in [3.8, 4) is 5.75 Å². The molecule has 0 saturated carbocycles. The average Bonchev–Trinajstić information content (AvgIpc) is 2.28. The highest BCUT2D eigenvalue weighted by molar-refractivity contribution is 7.87. The van der Waals surface area contributed by atoms with Crippen LogP contribution >= 0.6 is 0 Å². The number of phenols is 1.